The number of nitrogens with one attached hydrogen (secondary N) is 1. The third-order valence-electron chi connectivity index (χ3n) is 3.00. The summed E-state index contributed by atoms with van der Waals surface area (Å²) in [6, 6.07) is 0.349. The molecule has 0 bridgehead atoms. The van der Waals surface area contributed by atoms with Gasteiger partial charge < -0.3 is 15.8 Å². The van der Waals surface area contributed by atoms with Crippen molar-refractivity contribution >= 4 is 5.91 Å². The number of methoxy groups -OCH3 is 1. The molecular weight excluding hydrogens is 192 g/mol. The normalized spacial score (nSPS) is 25.9. The monoisotopic (exact) mass is 214 g/mol. The summed E-state index contributed by atoms with van der Waals surface area (Å²) in [5.41, 5.74) is 5.29. The minimum Gasteiger partial charge on any atom is -0.378 e. The van der Waals surface area contributed by atoms with Gasteiger partial charge in [0.05, 0.1) is 12.0 Å². The summed E-state index contributed by atoms with van der Waals surface area (Å²) in [5.74, 6) is 0.636. The van der Waals surface area contributed by atoms with Gasteiger partial charge in [-0.25, -0.2) is 0 Å². The molecule has 1 saturated carbocycles. The molecule has 0 saturated heterocycles. The average molecular weight is 214 g/mol. The lowest BCUT2D eigenvalue weighted by molar-refractivity contribution is -0.126. The minimum absolute atomic E-state index is 0.0577. The molecule has 0 unspecified atom stereocenters. The van der Waals surface area contributed by atoms with Crippen LogP contribution in [0, 0.1) is 5.92 Å². The highest BCUT2D eigenvalue weighted by atomic mass is 16.5. The van der Waals surface area contributed by atoms with Crippen molar-refractivity contribution in [2.45, 2.75) is 44.8 Å². The highest BCUT2D eigenvalue weighted by Crippen LogP contribution is 2.24. The molecule has 4 nitrogen and oxygen atoms in total. The Morgan fingerprint density at radius 1 is 1.53 bits per heavy atom. The van der Waals surface area contributed by atoms with Crippen LogP contribution in [0.3, 0.4) is 0 Å². The van der Waals surface area contributed by atoms with Gasteiger partial charge in [-0.1, -0.05) is 0 Å². The molecule has 3 N–H and O–H groups in total. The number of carbonyl (C=O) groups excluding carboxylic acids is 1. The Kier molecular flexibility index (Phi) is 4.11. The van der Waals surface area contributed by atoms with Gasteiger partial charge in [0, 0.05) is 19.7 Å². The lowest BCUT2D eigenvalue weighted by Crippen LogP contribution is -2.43. The van der Waals surface area contributed by atoms with Crippen molar-refractivity contribution in [3.8, 4) is 0 Å². The molecule has 1 aliphatic rings. The second-order valence-electron chi connectivity index (χ2n) is 5.04. The molecule has 1 rings (SSSR count). The van der Waals surface area contributed by atoms with E-state index >= 15 is 0 Å². The number of ether oxygens (including phenoxy) is 1. The number of amides is 1. The minimum atomic E-state index is -0.375. The molecule has 0 aromatic carbocycles. The first-order valence-corrected chi connectivity index (χ1v) is 5.50. The second kappa shape index (κ2) is 4.94. The van der Waals surface area contributed by atoms with E-state index in [-0.39, 0.29) is 11.5 Å². The van der Waals surface area contributed by atoms with Crippen LogP contribution in [0.4, 0.5) is 0 Å². The van der Waals surface area contributed by atoms with E-state index in [2.05, 4.69) is 5.32 Å². The number of nitrogens with two attached hydrogens (primary N) is 1. The Balaban J connectivity index is 2.14. The number of hydrogen-bond donors (Lipinski definition) is 2. The maximum absolute atomic E-state index is 11.5. The largest absolute Gasteiger partial charge is 0.378 e. The summed E-state index contributed by atoms with van der Waals surface area (Å²) < 4.78 is 5.19. The Hall–Kier alpha value is -0.610. The average Bonchev–Trinajstić information content (AvgIpc) is 2.10. The van der Waals surface area contributed by atoms with Crippen LogP contribution in [0.15, 0.2) is 0 Å². The van der Waals surface area contributed by atoms with E-state index in [0.29, 0.717) is 18.4 Å². The molecule has 0 atom stereocenters. The predicted molar refractivity (Wildman–Crippen MR) is 59.4 cm³/mol. The van der Waals surface area contributed by atoms with Gasteiger partial charge in [0.1, 0.15) is 0 Å². The molecule has 0 aliphatic heterocycles. The van der Waals surface area contributed by atoms with Crippen molar-refractivity contribution in [3.63, 3.8) is 0 Å². The molecule has 0 aromatic heterocycles. The molecule has 4 heteroatoms. The van der Waals surface area contributed by atoms with Crippen molar-refractivity contribution in [2.75, 3.05) is 13.7 Å². The van der Waals surface area contributed by atoms with E-state index in [1.165, 1.54) is 0 Å². The molecule has 0 radical (unpaired) electrons. The molecule has 1 fully saturated rings. The van der Waals surface area contributed by atoms with E-state index in [9.17, 15) is 4.79 Å². The van der Waals surface area contributed by atoms with Crippen LogP contribution in [0.5, 0.6) is 0 Å². The molecule has 88 valence electrons. The Bertz CT molecular complexity index is 223. The van der Waals surface area contributed by atoms with Crippen LogP contribution in [-0.2, 0) is 9.53 Å². The van der Waals surface area contributed by atoms with Crippen LogP contribution in [0.2, 0.25) is 0 Å². The summed E-state index contributed by atoms with van der Waals surface area (Å²) in [7, 11) is 1.62. The number of rotatable bonds is 5. The van der Waals surface area contributed by atoms with Gasteiger partial charge in [-0.2, -0.15) is 0 Å². The Morgan fingerprint density at radius 2 is 2.13 bits per heavy atom. The highest BCUT2D eigenvalue weighted by molar-refractivity contribution is 5.76. The number of hydrogen-bond acceptors (Lipinski definition) is 3. The lowest BCUT2D eigenvalue weighted by atomic mass is 9.81. The van der Waals surface area contributed by atoms with Crippen molar-refractivity contribution in [1.82, 2.24) is 5.32 Å². The zero-order chi connectivity index (χ0) is 11.5. The summed E-state index contributed by atoms with van der Waals surface area (Å²) in [6.07, 6.45) is 2.48. The Labute approximate surface area is 91.5 Å². The maximum Gasteiger partial charge on any atom is 0.222 e. The van der Waals surface area contributed by atoms with Crippen molar-refractivity contribution < 1.29 is 9.53 Å². The quantitative estimate of drug-likeness (QED) is 0.706. The van der Waals surface area contributed by atoms with Gasteiger partial charge in [0.2, 0.25) is 5.91 Å². The fourth-order valence-corrected chi connectivity index (χ4v) is 1.73. The van der Waals surface area contributed by atoms with Crippen LogP contribution >= 0.6 is 0 Å². The fraction of sp³-hybridized carbons (Fsp3) is 0.909. The van der Waals surface area contributed by atoms with E-state index in [0.717, 1.165) is 19.4 Å². The third-order valence-corrected chi connectivity index (χ3v) is 3.00. The SMILES string of the molecule is COC(C)(C)CC(=O)NCC1CC(N)C1. The highest BCUT2D eigenvalue weighted by Gasteiger charge is 2.27. The maximum atomic E-state index is 11.5. The predicted octanol–water partition coefficient (Wildman–Crippen LogP) is 0.655. The first-order chi connectivity index (χ1) is 6.93. The summed E-state index contributed by atoms with van der Waals surface area (Å²) in [5, 5.41) is 2.92. The van der Waals surface area contributed by atoms with Gasteiger partial charge in [-0.05, 0) is 32.6 Å². The van der Waals surface area contributed by atoms with Gasteiger partial charge in [0.15, 0.2) is 0 Å². The zero-order valence-electron chi connectivity index (χ0n) is 9.88. The topological polar surface area (TPSA) is 64.3 Å². The third kappa shape index (κ3) is 4.18. The summed E-state index contributed by atoms with van der Waals surface area (Å²) >= 11 is 0. The molecule has 1 amide bonds. The van der Waals surface area contributed by atoms with Crippen LogP contribution < -0.4 is 11.1 Å². The van der Waals surface area contributed by atoms with Crippen molar-refractivity contribution in [3.05, 3.63) is 0 Å². The van der Waals surface area contributed by atoms with E-state index in [1.807, 2.05) is 13.8 Å². The smallest absolute Gasteiger partial charge is 0.222 e. The van der Waals surface area contributed by atoms with Gasteiger partial charge in [-0.3, -0.25) is 4.79 Å². The van der Waals surface area contributed by atoms with Gasteiger partial charge >= 0.3 is 0 Å². The molecular formula is C11H22N2O2. The molecule has 0 aromatic rings. The number of carbonyl (C=O) groups is 1. The summed E-state index contributed by atoms with van der Waals surface area (Å²) in [4.78, 5) is 11.5. The van der Waals surface area contributed by atoms with Crippen LogP contribution in [0.25, 0.3) is 0 Å². The molecule has 0 heterocycles. The zero-order valence-corrected chi connectivity index (χ0v) is 9.88. The van der Waals surface area contributed by atoms with E-state index < -0.39 is 0 Å². The van der Waals surface area contributed by atoms with Crippen LogP contribution in [0.1, 0.15) is 33.1 Å². The second-order valence-corrected chi connectivity index (χ2v) is 5.04. The van der Waals surface area contributed by atoms with Crippen molar-refractivity contribution in [1.29, 1.82) is 0 Å². The van der Waals surface area contributed by atoms with E-state index in [1.54, 1.807) is 7.11 Å². The standard InChI is InChI=1S/C11H22N2O2/c1-11(2,15-3)6-10(14)13-7-8-4-9(12)5-8/h8-9H,4-7,12H2,1-3H3,(H,13,14). The van der Waals surface area contributed by atoms with Crippen molar-refractivity contribution in [2.24, 2.45) is 11.7 Å². The van der Waals surface area contributed by atoms with Gasteiger partial charge in [-0.15, -0.1) is 0 Å². The molecule has 0 spiro atoms. The van der Waals surface area contributed by atoms with Crippen LogP contribution in [-0.4, -0.2) is 31.2 Å². The van der Waals surface area contributed by atoms with E-state index in [4.69, 9.17) is 10.5 Å². The first kappa shape index (κ1) is 12.5. The van der Waals surface area contributed by atoms with Gasteiger partial charge in [0.25, 0.3) is 0 Å². The first-order valence-electron chi connectivity index (χ1n) is 5.50. The molecule has 1 aliphatic carbocycles. The summed E-state index contributed by atoms with van der Waals surface area (Å²) in [6.45, 7) is 4.57. The molecule has 15 heavy (non-hydrogen) atoms. The lowest BCUT2D eigenvalue weighted by Gasteiger charge is -2.32. The fourth-order valence-electron chi connectivity index (χ4n) is 1.73. The Morgan fingerprint density at radius 3 is 2.60 bits per heavy atom.